The van der Waals surface area contributed by atoms with E-state index in [0.29, 0.717) is 25.9 Å². The fourth-order valence-corrected chi connectivity index (χ4v) is 3.15. The second kappa shape index (κ2) is 7.25. The lowest BCUT2D eigenvalue weighted by molar-refractivity contribution is -0.289. The first-order valence-corrected chi connectivity index (χ1v) is 8.52. The van der Waals surface area contributed by atoms with Crippen LogP contribution in [-0.4, -0.2) is 30.4 Å². The minimum atomic E-state index is -5.62. The summed E-state index contributed by atoms with van der Waals surface area (Å²) in [6.07, 6.45) is -4.21. The number of anilines is 2. The van der Waals surface area contributed by atoms with Gasteiger partial charge < -0.3 is 15.3 Å². The first kappa shape index (κ1) is 19.3. The van der Waals surface area contributed by atoms with Crippen LogP contribution in [0.25, 0.3) is 0 Å². The van der Waals surface area contributed by atoms with Gasteiger partial charge in [-0.2, -0.15) is 22.0 Å². The highest BCUT2D eigenvalue weighted by Crippen LogP contribution is 2.44. The molecule has 8 heteroatoms. The zero-order valence-corrected chi connectivity index (χ0v) is 14.3. The molecule has 1 heterocycles. The third kappa shape index (κ3) is 4.26. The zero-order chi connectivity index (χ0) is 19.7. The van der Waals surface area contributed by atoms with Crippen LogP contribution in [0.2, 0.25) is 0 Å². The molecular formula is C19H19F5N2O. The predicted molar refractivity (Wildman–Crippen MR) is 93.4 cm³/mol. The Morgan fingerprint density at radius 3 is 2.15 bits per heavy atom. The quantitative estimate of drug-likeness (QED) is 0.716. The molecule has 1 aliphatic heterocycles. The summed E-state index contributed by atoms with van der Waals surface area (Å²) in [4.78, 5) is 2.13. The van der Waals surface area contributed by atoms with Crippen molar-refractivity contribution in [3.63, 3.8) is 0 Å². The number of phenolic OH excluding ortho intramolecular Hbond substituents is 1. The minimum Gasteiger partial charge on any atom is -0.508 e. The number of rotatable bonds is 4. The van der Waals surface area contributed by atoms with Crippen molar-refractivity contribution < 1.29 is 27.1 Å². The number of hydrogen-bond donors (Lipinski definition) is 2. The molecule has 3 rings (SSSR count). The topological polar surface area (TPSA) is 35.5 Å². The van der Waals surface area contributed by atoms with Crippen LogP contribution in [0.15, 0.2) is 48.5 Å². The van der Waals surface area contributed by atoms with E-state index in [1.54, 1.807) is 12.1 Å². The van der Waals surface area contributed by atoms with E-state index in [1.807, 2.05) is 12.1 Å². The summed E-state index contributed by atoms with van der Waals surface area (Å²) in [5.41, 5.74) is 0.152. The van der Waals surface area contributed by atoms with E-state index in [4.69, 9.17) is 0 Å². The number of halogens is 5. The van der Waals surface area contributed by atoms with Gasteiger partial charge >= 0.3 is 12.1 Å². The zero-order valence-electron chi connectivity index (χ0n) is 14.3. The molecule has 0 aromatic heterocycles. The Labute approximate surface area is 153 Å². The molecule has 0 atom stereocenters. The standard InChI is InChI=1S/C19H19F5N2O/c20-18(21,19(22,23)24)13-2-1-3-15(12-13)25-14-8-10-26(11-9-14)16-4-6-17(27)7-5-16/h1-7,12,14,25,27H,8-11H2. The molecule has 1 fully saturated rings. The second-order valence-corrected chi connectivity index (χ2v) is 6.58. The highest BCUT2D eigenvalue weighted by molar-refractivity contribution is 5.51. The fourth-order valence-electron chi connectivity index (χ4n) is 3.15. The first-order chi connectivity index (χ1) is 12.7. The normalized spacial score (nSPS) is 16.4. The van der Waals surface area contributed by atoms with Gasteiger partial charge in [-0.05, 0) is 49.2 Å². The second-order valence-electron chi connectivity index (χ2n) is 6.58. The number of benzene rings is 2. The van der Waals surface area contributed by atoms with Crippen LogP contribution >= 0.6 is 0 Å². The van der Waals surface area contributed by atoms with Gasteiger partial charge in [-0.3, -0.25) is 0 Å². The lowest BCUT2D eigenvalue weighted by Crippen LogP contribution is -2.39. The van der Waals surface area contributed by atoms with Gasteiger partial charge in [0, 0.05) is 36.1 Å². The summed E-state index contributed by atoms with van der Waals surface area (Å²) >= 11 is 0. The molecule has 0 saturated carbocycles. The number of piperidine rings is 1. The fraction of sp³-hybridized carbons (Fsp3) is 0.368. The lowest BCUT2D eigenvalue weighted by Gasteiger charge is -2.34. The Morgan fingerprint density at radius 2 is 1.56 bits per heavy atom. The predicted octanol–water partition coefficient (Wildman–Crippen LogP) is 5.13. The van der Waals surface area contributed by atoms with Crippen molar-refractivity contribution in [3.8, 4) is 5.75 Å². The maximum absolute atomic E-state index is 13.5. The van der Waals surface area contributed by atoms with Crippen molar-refractivity contribution in [2.45, 2.75) is 31.0 Å². The van der Waals surface area contributed by atoms with E-state index in [-0.39, 0.29) is 17.5 Å². The molecule has 1 aliphatic rings. The van der Waals surface area contributed by atoms with Crippen molar-refractivity contribution in [2.24, 2.45) is 0 Å². The molecule has 3 nitrogen and oxygen atoms in total. The van der Waals surface area contributed by atoms with E-state index in [2.05, 4.69) is 10.2 Å². The summed E-state index contributed by atoms with van der Waals surface area (Å²) in [5.74, 6) is -4.70. The highest BCUT2D eigenvalue weighted by atomic mass is 19.4. The third-order valence-corrected chi connectivity index (χ3v) is 4.66. The Morgan fingerprint density at radius 1 is 0.926 bits per heavy atom. The molecular weight excluding hydrogens is 367 g/mol. The summed E-state index contributed by atoms with van der Waals surface area (Å²) in [6.45, 7) is 1.42. The van der Waals surface area contributed by atoms with Gasteiger partial charge in [0.1, 0.15) is 5.75 Å². The van der Waals surface area contributed by atoms with Gasteiger partial charge in [0.05, 0.1) is 0 Å². The summed E-state index contributed by atoms with van der Waals surface area (Å²) < 4.78 is 64.7. The van der Waals surface area contributed by atoms with E-state index in [9.17, 15) is 27.1 Å². The van der Waals surface area contributed by atoms with Crippen molar-refractivity contribution in [1.82, 2.24) is 0 Å². The van der Waals surface area contributed by atoms with Gasteiger partial charge in [0.25, 0.3) is 0 Å². The summed E-state index contributed by atoms with van der Waals surface area (Å²) in [6, 6.07) is 11.1. The smallest absolute Gasteiger partial charge is 0.458 e. The molecule has 27 heavy (non-hydrogen) atoms. The van der Waals surface area contributed by atoms with E-state index < -0.39 is 17.7 Å². The van der Waals surface area contributed by atoms with Crippen LogP contribution in [0, 0.1) is 0 Å². The van der Waals surface area contributed by atoms with Crippen molar-refractivity contribution in [1.29, 1.82) is 0 Å². The Bertz CT molecular complexity index is 768. The Balaban J connectivity index is 1.62. The number of nitrogens with one attached hydrogen (secondary N) is 1. The molecule has 0 bridgehead atoms. The van der Waals surface area contributed by atoms with Crippen LogP contribution in [0.3, 0.4) is 0 Å². The van der Waals surface area contributed by atoms with Gasteiger partial charge in [-0.1, -0.05) is 12.1 Å². The van der Waals surface area contributed by atoms with E-state index >= 15 is 0 Å². The molecule has 0 unspecified atom stereocenters. The number of phenols is 1. The average molecular weight is 386 g/mol. The average Bonchev–Trinajstić information content (AvgIpc) is 2.62. The van der Waals surface area contributed by atoms with Gasteiger partial charge in [0.15, 0.2) is 0 Å². The Hall–Kier alpha value is -2.51. The summed E-state index contributed by atoms with van der Waals surface area (Å²) in [7, 11) is 0. The van der Waals surface area contributed by atoms with Crippen LogP contribution in [-0.2, 0) is 5.92 Å². The maximum Gasteiger partial charge on any atom is 0.458 e. The molecule has 146 valence electrons. The van der Waals surface area contributed by atoms with E-state index in [1.165, 1.54) is 12.1 Å². The van der Waals surface area contributed by atoms with Crippen molar-refractivity contribution in [3.05, 3.63) is 54.1 Å². The first-order valence-electron chi connectivity index (χ1n) is 8.52. The molecule has 0 aliphatic carbocycles. The SMILES string of the molecule is Oc1ccc(N2CCC(Nc3cccc(C(F)(F)C(F)(F)F)c3)CC2)cc1. The Kier molecular flexibility index (Phi) is 5.17. The molecule has 2 aromatic carbocycles. The molecule has 0 amide bonds. The number of aromatic hydroxyl groups is 1. The number of alkyl halides is 5. The third-order valence-electron chi connectivity index (χ3n) is 4.66. The number of hydrogen-bond acceptors (Lipinski definition) is 3. The van der Waals surface area contributed by atoms with Gasteiger partial charge in [-0.25, -0.2) is 0 Å². The monoisotopic (exact) mass is 386 g/mol. The van der Waals surface area contributed by atoms with Crippen LogP contribution in [0.4, 0.5) is 33.3 Å². The van der Waals surface area contributed by atoms with Crippen LogP contribution < -0.4 is 10.2 Å². The molecule has 1 saturated heterocycles. The van der Waals surface area contributed by atoms with Crippen molar-refractivity contribution in [2.75, 3.05) is 23.3 Å². The molecule has 0 radical (unpaired) electrons. The highest BCUT2D eigenvalue weighted by Gasteiger charge is 2.58. The number of nitrogens with zero attached hydrogens (tertiary/aromatic N) is 1. The van der Waals surface area contributed by atoms with Gasteiger partial charge in [0.2, 0.25) is 0 Å². The van der Waals surface area contributed by atoms with Crippen LogP contribution in [0.1, 0.15) is 18.4 Å². The maximum atomic E-state index is 13.5. The molecule has 0 spiro atoms. The molecule has 2 N–H and O–H groups in total. The van der Waals surface area contributed by atoms with Crippen LogP contribution in [0.5, 0.6) is 5.75 Å². The largest absolute Gasteiger partial charge is 0.508 e. The lowest BCUT2D eigenvalue weighted by atomic mass is 10.0. The summed E-state index contributed by atoms with van der Waals surface area (Å²) in [5, 5.41) is 12.4. The van der Waals surface area contributed by atoms with E-state index in [0.717, 1.165) is 17.8 Å². The minimum absolute atomic E-state index is 0.0203. The molecule has 2 aromatic rings. The van der Waals surface area contributed by atoms with Gasteiger partial charge in [-0.15, -0.1) is 0 Å². The van der Waals surface area contributed by atoms with Crippen molar-refractivity contribution >= 4 is 11.4 Å².